The average Bonchev–Trinajstić information content (AvgIpc) is 3.50. The summed E-state index contributed by atoms with van der Waals surface area (Å²) in [6.07, 6.45) is 13.8. The lowest BCUT2D eigenvalue weighted by atomic mass is 10.0. The van der Waals surface area contributed by atoms with Gasteiger partial charge in [-0.05, 0) is 31.4 Å². The minimum absolute atomic E-state index is 0.122. The van der Waals surface area contributed by atoms with E-state index in [0.717, 1.165) is 47.8 Å². The van der Waals surface area contributed by atoms with Gasteiger partial charge in [-0.25, -0.2) is 9.97 Å². The van der Waals surface area contributed by atoms with Crippen LogP contribution in [0.5, 0.6) is 0 Å². The number of pyridine rings is 1. The van der Waals surface area contributed by atoms with Gasteiger partial charge in [0, 0.05) is 30.2 Å². The highest BCUT2D eigenvalue weighted by Gasteiger charge is 2.36. The van der Waals surface area contributed by atoms with E-state index < -0.39 is 0 Å². The number of rotatable bonds is 6. The number of aromatic nitrogens is 8. The Morgan fingerprint density at radius 1 is 1.06 bits per heavy atom. The van der Waals surface area contributed by atoms with Crippen molar-refractivity contribution >= 4 is 5.82 Å². The molecule has 0 unspecified atom stereocenters. The largest absolute Gasteiger partial charge is 0.341 e. The van der Waals surface area contributed by atoms with E-state index in [1.165, 1.54) is 0 Å². The zero-order valence-corrected chi connectivity index (χ0v) is 17.9. The molecule has 9 nitrogen and oxygen atoms in total. The van der Waals surface area contributed by atoms with Gasteiger partial charge in [0.25, 0.3) is 0 Å². The number of hydrogen-bond acceptors (Lipinski definition) is 7. The average molecular weight is 416 g/mol. The topological polar surface area (TPSA) is 90.4 Å². The second kappa shape index (κ2) is 7.90. The van der Waals surface area contributed by atoms with Crippen LogP contribution < -0.4 is 4.90 Å². The smallest absolute Gasteiger partial charge is 0.237 e. The highest BCUT2D eigenvalue weighted by Crippen LogP contribution is 2.40. The molecular formula is C22H25N9. The standard InChI is InChI=1S/C22H25N9/c1-4-16(5-2)31-18(6-3)21-28-26-14-30(21)19-11-24-22(27-20(19)31)29-12-17(25-13-29)15-8-7-9-23-10-15/h7-14,16,18H,4-6H2,1-3H3/t18-/m1/s1. The van der Waals surface area contributed by atoms with Gasteiger partial charge in [0.1, 0.15) is 18.3 Å². The summed E-state index contributed by atoms with van der Waals surface area (Å²) in [6, 6.07) is 4.36. The van der Waals surface area contributed by atoms with E-state index in [1.54, 1.807) is 25.0 Å². The maximum absolute atomic E-state index is 5.01. The van der Waals surface area contributed by atoms with Gasteiger partial charge in [-0.3, -0.25) is 14.1 Å². The van der Waals surface area contributed by atoms with E-state index in [0.29, 0.717) is 12.0 Å². The van der Waals surface area contributed by atoms with Crippen LogP contribution in [0, 0.1) is 0 Å². The Morgan fingerprint density at radius 3 is 2.68 bits per heavy atom. The van der Waals surface area contributed by atoms with E-state index >= 15 is 0 Å². The lowest BCUT2D eigenvalue weighted by Crippen LogP contribution is -2.42. The maximum Gasteiger partial charge on any atom is 0.237 e. The summed E-state index contributed by atoms with van der Waals surface area (Å²) >= 11 is 0. The van der Waals surface area contributed by atoms with Crippen molar-refractivity contribution in [3.63, 3.8) is 0 Å². The van der Waals surface area contributed by atoms with Crippen LogP contribution in [0.2, 0.25) is 0 Å². The summed E-state index contributed by atoms with van der Waals surface area (Å²) < 4.78 is 3.87. The van der Waals surface area contributed by atoms with Crippen molar-refractivity contribution in [2.75, 3.05) is 4.90 Å². The molecule has 4 aromatic rings. The van der Waals surface area contributed by atoms with Crippen LogP contribution in [0.25, 0.3) is 22.9 Å². The van der Waals surface area contributed by atoms with Gasteiger partial charge < -0.3 is 4.90 Å². The first-order valence-corrected chi connectivity index (χ1v) is 10.8. The summed E-state index contributed by atoms with van der Waals surface area (Å²) in [4.78, 5) is 20.8. The molecule has 31 heavy (non-hydrogen) atoms. The monoisotopic (exact) mass is 415 g/mol. The molecule has 1 aliphatic heterocycles. The summed E-state index contributed by atoms with van der Waals surface area (Å²) in [5.74, 6) is 2.44. The predicted molar refractivity (Wildman–Crippen MR) is 117 cm³/mol. The summed E-state index contributed by atoms with van der Waals surface area (Å²) in [7, 11) is 0. The normalized spacial score (nSPS) is 15.2. The molecule has 5 heterocycles. The van der Waals surface area contributed by atoms with Crippen molar-refractivity contribution in [3.05, 3.63) is 55.4 Å². The molecule has 5 rings (SSSR count). The first-order valence-electron chi connectivity index (χ1n) is 10.8. The highest BCUT2D eigenvalue weighted by molar-refractivity contribution is 5.63. The molecule has 0 N–H and O–H groups in total. The molecule has 158 valence electrons. The summed E-state index contributed by atoms with van der Waals surface area (Å²) in [5.41, 5.74) is 2.70. The van der Waals surface area contributed by atoms with Crippen LogP contribution in [-0.4, -0.2) is 45.3 Å². The van der Waals surface area contributed by atoms with Crippen molar-refractivity contribution in [1.29, 1.82) is 0 Å². The van der Waals surface area contributed by atoms with Gasteiger partial charge in [0.2, 0.25) is 5.95 Å². The molecule has 4 aromatic heterocycles. The van der Waals surface area contributed by atoms with Gasteiger partial charge in [-0.1, -0.05) is 20.8 Å². The van der Waals surface area contributed by atoms with Gasteiger partial charge in [-0.2, -0.15) is 4.98 Å². The summed E-state index contributed by atoms with van der Waals surface area (Å²) in [5, 5.41) is 8.59. The van der Waals surface area contributed by atoms with Crippen molar-refractivity contribution < 1.29 is 0 Å². The van der Waals surface area contributed by atoms with Crippen LogP contribution in [0.3, 0.4) is 0 Å². The third-order valence-corrected chi connectivity index (χ3v) is 5.94. The Hall–Kier alpha value is -3.62. The quantitative estimate of drug-likeness (QED) is 0.473. The second-order valence-electron chi connectivity index (χ2n) is 7.65. The fourth-order valence-corrected chi connectivity index (χ4v) is 4.35. The zero-order chi connectivity index (χ0) is 21.4. The molecule has 0 aromatic carbocycles. The Balaban J connectivity index is 1.62. The molecule has 0 aliphatic carbocycles. The second-order valence-corrected chi connectivity index (χ2v) is 7.65. The highest BCUT2D eigenvalue weighted by atomic mass is 15.4. The molecule has 0 amide bonds. The Labute approximate surface area is 180 Å². The molecule has 0 fully saturated rings. The van der Waals surface area contributed by atoms with Crippen LogP contribution in [0.4, 0.5) is 5.82 Å². The molecule has 9 heteroatoms. The summed E-state index contributed by atoms with van der Waals surface area (Å²) in [6.45, 7) is 6.62. The molecule has 0 saturated heterocycles. The van der Waals surface area contributed by atoms with Gasteiger partial charge in [0.15, 0.2) is 11.6 Å². The van der Waals surface area contributed by atoms with E-state index in [1.807, 2.05) is 33.7 Å². The number of nitrogens with zero attached hydrogens (tertiary/aromatic N) is 9. The van der Waals surface area contributed by atoms with E-state index in [4.69, 9.17) is 4.98 Å². The van der Waals surface area contributed by atoms with E-state index in [-0.39, 0.29) is 6.04 Å². The minimum Gasteiger partial charge on any atom is -0.341 e. The van der Waals surface area contributed by atoms with Crippen LogP contribution in [0.1, 0.15) is 51.9 Å². The van der Waals surface area contributed by atoms with Gasteiger partial charge in [0.05, 0.1) is 17.9 Å². The Kier molecular flexibility index (Phi) is 4.93. The molecule has 1 aliphatic rings. The Morgan fingerprint density at radius 2 is 1.94 bits per heavy atom. The van der Waals surface area contributed by atoms with Crippen LogP contribution >= 0.6 is 0 Å². The van der Waals surface area contributed by atoms with E-state index in [9.17, 15) is 0 Å². The van der Waals surface area contributed by atoms with E-state index in [2.05, 4.69) is 50.8 Å². The Bertz CT molecular complexity index is 1180. The van der Waals surface area contributed by atoms with Crippen molar-refractivity contribution in [3.8, 4) is 22.9 Å². The SMILES string of the molecule is CCC(CC)N1c2nc(-n3cnc(-c4cccnc4)c3)ncc2-n2cnnc2[C@H]1CC. The van der Waals surface area contributed by atoms with Crippen LogP contribution in [0.15, 0.2) is 49.6 Å². The third kappa shape index (κ3) is 3.17. The lowest BCUT2D eigenvalue weighted by Gasteiger charge is -2.41. The molecule has 0 bridgehead atoms. The third-order valence-electron chi connectivity index (χ3n) is 5.94. The fraction of sp³-hybridized carbons (Fsp3) is 0.364. The van der Waals surface area contributed by atoms with Crippen LogP contribution in [-0.2, 0) is 0 Å². The van der Waals surface area contributed by atoms with Crippen molar-refractivity contribution in [1.82, 2.24) is 39.3 Å². The number of anilines is 1. The minimum atomic E-state index is 0.122. The molecule has 0 spiro atoms. The van der Waals surface area contributed by atoms with Crippen molar-refractivity contribution in [2.24, 2.45) is 0 Å². The first kappa shape index (κ1) is 19.3. The molecule has 1 atom stereocenters. The molecule has 0 saturated carbocycles. The number of hydrogen-bond donors (Lipinski definition) is 0. The number of fused-ring (bicyclic) bond motifs is 3. The predicted octanol–water partition coefficient (Wildman–Crippen LogP) is 3.76. The fourth-order valence-electron chi connectivity index (χ4n) is 4.35. The zero-order valence-electron chi connectivity index (χ0n) is 17.9. The van der Waals surface area contributed by atoms with Crippen molar-refractivity contribution in [2.45, 2.75) is 52.1 Å². The number of imidazole rings is 1. The lowest BCUT2D eigenvalue weighted by molar-refractivity contribution is 0.447. The first-order chi connectivity index (χ1) is 15.2. The molecular weight excluding hydrogens is 390 g/mol. The molecule has 0 radical (unpaired) electrons. The maximum atomic E-state index is 5.01. The van der Waals surface area contributed by atoms with Gasteiger partial charge >= 0.3 is 0 Å². The van der Waals surface area contributed by atoms with Gasteiger partial charge in [-0.15, -0.1) is 10.2 Å².